The van der Waals surface area contributed by atoms with Gasteiger partial charge in [-0.2, -0.15) is 18.2 Å². The van der Waals surface area contributed by atoms with Crippen LogP contribution in [0.15, 0.2) is 42.9 Å². The number of methoxy groups -OCH3 is 1. The lowest BCUT2D eigenvalue weighted by Crippen LogP contribution is -2.62. The number of fused-ring (bicyclic) bond motifs is 1. The molecule has 0 radical (unpaired) electrons. The van der Waals surface area contributed by atoms with Crippen molar-refractivity contribution in [3.05, 3.63) is 54.0 Å². The molecule has 6 rings (SSSR count). The number of anilines is 5. The van der Waals surface area contributed by atoms with E-state index in [1.807, 2.05) is 32.4 Å². The van der Waals surface area contributed by atoms with Gasteiger partial charge in [-0.25, -0.2) is 4.98 Å². The van der Waals surface area contributed by atoms with Crippen LogP contribution in [0.2, 0.25) is 0 Å². The Morgan fingerprint density at radius 1 is 0.979 bits per heavy atom. The van der Waals surface area contributed by atoms with Crippen molar-refractivity contribution >= 4 is 53.1 Å². The lowest BCUT2D eigenvalue weighted by molar-refractivity contribution is -0.137. The summed E-state index contributed by atoms with van der Waals surface area (Å²) >= 11 is 0. The summed E-state index contributed by atoms with van der Waals surface area (Å²) < 4.78 is 48.2. The fourth-order valence-corrected chi connectivity index (χ4v) is 7.65. The molecule has 4 heterocycles. The Bertz CT molecular complexity index is 1740. The van der Waals surface area contributed by atoms with E-state index < -0.39 is 19.7 Å². The molecule has 2 fully saturated rings. The third kappa shape index (κ3) is 6.93. The number of alkyl halides is 3. The number of aryl methyl sites for hydroxylation is 1. The molecule has 2 aromatic heterocycles. The number of rotatable bonds is 9. The van der Waals surface area contributed by atoms with Gasteiger partial charge >= 0.3 is 6.18 Å². The monoisotopic (exact) mass is 667 g/mol. The van der Waals surface area contributed by atoms with Crippen molar-refractivity contribution in [2.75, 3.05) is 76.2 Å². The second-order valence-corrected chi connectivity index (χ2v) is 14.8. The highest BCUT2D eigenvalue weighted by Crippen LogP contribution is 2.40. The first-order valence-corrected chi connectivity index (χ1v) is 17.9. The molecule has 4 aromatic rings. The Balaban J connectivity index is 1.24. The van der Waals surface area contributed by atoms with Gasteiger partial charge < -0.3 is 25.2 Å². The molecule has 0 atom stereocenters. The number of halogens is 3. The number of benzene rings is 2. The van der Waals surface area contributed by atoms with E-state index in [1.165, 1.54) is 0 Å². The van der Waals surface area contributed by atoms with Gasteiger partial charge in [-0.05, 0) is 71.0 Å². The van der Waals surface area contributed by atoms with E-state index in [9.17, 15) is 13.2 Å². The first-order valence-electron chi connectivity index (χ1n) is 15.7. The first kappa shape index (κ1) is 33.1. The van der Waals surface area contributed by atoms with Crippen LogP contribution in [0.1, 0.15) is 24.0 Å². The van der Waals surface area contributed by atoms with Gasteiger partial charge in [0.2, 0.25) is 5.95 Å². The molecule has 0 aliphatic carbocycles. The quantitative estimate of drug-likeness (QED) is 0.213. The van der Waals surface area contributed by atoms with Crippen molar-refractivity contribution in [1.29, 1.82) is 0 Å². The van der Waals surface area contributed by atoms with Gasteiger partial charge in [0.1, 0.15) is 17.1 Å². The van der Waals surface area contributed by atoms with Crippen molar-refractivity contribution in [2.24, 2.45) is 0 Å². The minimum atomic E-state index is -4.67. The second-order valence-electron chi connectivity index (χ2n) is 12.6. The van der Waals surface area contributed by atoms with Crippen molar-refractivity contribution in [2.45, 2.75) is 38.0 Å². The van der Waals surface area contributed by atoms with E-state index in [1.54, 1.807) is 31.6 Å². The maximum atomic E-state index is 14.2. The van der Waals surface area contributed by atoms with Crippen LogP contribution < -0.4 is 25.6 Å². The normalized spacial score (nSPS) is 16.6. The molecule has 250 valence electrons. The summed E-state index contributed by atoms with van der Waals surface area (Å²) in [7, 11) is 5.11. The summed E-state index contributed by atoms with van der Waals surface area (Å²) in [5.41, 5.74) is 3.53. The minimum absolute atomic E-state index is 0.00901. The molecule has 47 heavy (non-hydrogen) atoms. The number of hydrogen-bond acceptors (Lipinski definition) is 10. The molecule has 0 unspecified atom stereocenters. The molecule has 2 aromatic carbocycles. The third-order valence-corrected chi connectivity index (χ3v) is 10.5. The number of aromatic nitrogens is 4. The van der Waals surface area contributed by atoms with Gasteiger partial charge in [0.15, 0.2) is 0 Å². The van der Waals surface area contributed by atoms with Crippen molar-refractivity contribution in [3.63, 3.8) is 0 Å². The average molecular weight is 668 g/mol. The van der Waals surface area contributed by atoms with Crippen molar-refractivity contribution in [1.82, 2.24) is 29.7 Å². The van der Waals surface area contributed by atoms with E-state index in [0.717, 1.165) is 61.8 Å². The van der Waals surface area contributed by atoms with E-state index in [2.05, 4.69) is 59.4 Å². The Hall–Kier alpha value is -3.80. The predicted octanol–water partition coefficient (Wildman–Crippen LogP) is 5.82. The van der Waals surface area contributed by atoms with Gasteiger partial charge in [0.25, 0.3) is 0 Å². The highest BCUT2D eigenvalue weighted by Gasteiger charge is 2.37. The largest absolute Gasteiger partial charge is 0.494 e. The van der Waals surface area contributed by atoms with Gasteiger partial charge in [-0.3, -0.25) is 14.9 Å². The molecular formula is C33H41F3N9OP. The maximum Gasteiger partial charge on any atom is 0.421 e. The topological polar surface area (TPSA) is 94.6 Å². The summed E-state index contributed by atoms with van der Waals surface area (Å²) in [6.45, 7) is 10.2. The van der Waals surface area contributed by atoms with E-state index in [4.69, 9.17) is 4.74 Å². The summed E-state index contributed by atoms with van der Waals surface area (Å²) in [4.78, 5) is 24.5. The molecule has 2 aliphatic rings. The fraction of sp³-hybridized carbons (Fsp3) is 0.455. The van der Waals surface area contributed by atoms with Crippen LogP contribution >= 0.6 is 7.92 Å². The lowest BCUT2D eigenvalue weighted by atomic mass is 9.96. The SMILES string of the molecule is COc1cc(N2CCC(N3CC(N(C)C)C3)CC2)c(C)cc1Nc1ncc(C(F)(F)F)c(Nc2ccc3nccnc3c2P(C)C)n1. The Labute approximate surface area is 274 Å². The molecule has 2 saturated heterocycles. The zero-order valence-corrected chi connectivity index (χ0v) is 28.5. The summed E-state index contributed by atoms with van der Waals surface area (Å²) in [5, 5.41) is 6.89. The number of likely N-dealkylation sites (N-methyl/N-ethyl adjacent to an activating group) is 1. The lowest BCUT2D eigenvalue weighted by Gasteiger charge is -2.49. The molecule has 0 bridgehead atoms. The second kappa shape index (κ2) is 13.4. The third-order valence-electron chi connectivity index (χ3n) is 9.12. The van der Waals surface area contributed by atoms with Crippen LogP contribution in [0.3, 0.4) is 0 Å². The Kier molecular flexibility index (Phi) is 9.42. The van der Waals surface area contributed by atoms with Crippen LogP contribution in [0.4, 0.5) is 42.0 Å². The van der Waals surface area contributed by atoms with Gasteiger partial charge in [0.05, 0.1) is 23.8 Å². The minimum Gasteiger partial charge on any atom is -0.494 e. The summed E-state index contributed by atoms with van der Waals surface area (Å²) in [6, 6.07) is 8.64. The van der Waals surface area contributed by atoms with Crippen LogP contribution in [0.5, 0.6) is 5.75 Å². The highest BCUT2D eigenvalue weighted by molar-refractivity contribution is 7.65. The number of ether oxygens (including phenoxy) is 1. The predicted molar refractivity (Wildman–Crippen MR) is 184 cm³/mol. The van der Waals surface area contributed by atoms with Crippen LogP contribution in [-0.2, 0) is 6.18 Å². The maximum absolute atomic E-state index is 14.2. The standard InChI is InChI=1S/C33H41F3N9OP/c1-20-15-26(28(46-4)16-27(20)44-13-9-21(10-14-44)45-18-22(19-45)43(2)3)41-32-39-17-23(33(34,35)36)31(42-32)40-25-8-7-24-29(30(25)47(5)6)38-12-11-37-24/h7-8,11-12,15-17,21-22H,9-10,13-14,18-19H2,1-6H3,(H2,39,40,41,42). The van der Waals surface area contributed by atoms with Gasteiger partial charge in [-0.15, -0.1) is 0 Å². The first-order chi connectivity index (χ1) is 22.4. The molecule has 2 aliphatic heterocycles. The zero-order valence-electron chi connectivity index (χ0n) is 27.6. The van der Waals surface area contributed by atoms with Gasteiger partial charge in [-0.1, -0.05) is 7.92 Å². The Morgan fingerprint density at radius 2 is 1.70 bits per heavy atom. The molecule has 0 amide bonds. The molecular weight excluding hydrogens is 626 g/mol. The summed E-state index contributed by atoms with van der Waals surface area (Å²) in [6.07, 6.45) is 1.50. The number of piperidine rings is 1. The van der Waals surface area contributed by atoms with Crippen molar-refractivity contribution < 1.29 is 17.9 Å². The highest BCUT2D eigenvalue weighted by atomic mass is 31.1. The van der Waals surface area contributed by atoms with Gasteiger partial charge in [0, 0.05) is 79.6 Å². The number of nitrogens with one attached hydrogen (secondary N) is 2. The van der Waals surface area contributed by atoms with Crippen molar-refractivity contribution in [3.8, 4) is 5.75 Å². The van der Waals surface area contributed by atoms with Crippen LogP contribution in [-0.4, -0.2) is 103 Å². The molecule has 2 N–H and O–H groups in total. The van der Waals surface area contributed by atoms with Crippen LogP contribution in [0.25, 0.3) is 11.0 Å². The molecule has 10 nitrogen and oxygen atoms in total. The number of hydrogen-bond donors (Lipinski definition) is 2. The van der Waals surface area contributed by atoms with Crippen LogP contribution in [0, 0.1) is 6.92 Å². The smallest absolute Gasteiger partial charge is 0.421 e. The molecule has 0 spiro atoms. The van der Waals surface area contributed by atoms with E-state index in [0.29, 0.717) is 40.2 Å². The number of nitrogens with zero attached hydrogens (tertiary/aromatic N) is 7. The van der Waals surface area contributed by atoms with E-state index >= 15 is 0 Å². The average Bonchev–Trinajstić information content (AvgIpc) is 3.00. The Morgan fingerprint density at radius 3 is 2.36 bits per heavy atom. The van der Waals surface area contributed by atoms with E-state index in [-0.39, 0.29) is 11.8 Å². The molecule has 0 saturated carbocycles. The zero-order chi connectivity index (χ0) is 33.5. The molecule has 14 heteroatoms. The summed E-state index contributed by atoms with van der Waals surface area (Å²) in [5.74, 6) is 0.209. The number of likely N-dealkylation sites (tertiary alicyclic amines) is 1. The fourth-order valence-electron chi connectivity index (χ4n) is 6.44.